The van der Waals surface area contributed by atoms with Crippen LogP contribution in [0.5, 0.6) is 0 Å². The zero-order chi connectivity index (χ0) is 29.9. The van der Waals surface area contributed by atoms with Crippen LogP contribution in [-0.4, -0.2) is 80.5 Å². The summed E-state index contributed by atoms with van der Waals surface area (Å²) in [6.07, 6.45) is 2.56. The summed E-state index contributed by atoms with van der Waals surface area (Å²) < 4.78 is 5.76. The lowest BCUT2D eigenvalue weighted by atomic mass is 9.97. The zero-order valence-electron chi connectivity index (χ0n) is 24.8. The van der Waals surface area contributed by atoms with E-state index in [1.807, 2.05) is 84.9 Å². The third-order valence-electron chi connectivity index (χ3n) is 8.02. The number of hydrogen-bond donors (Lipinski definition) is 2. The van der Waals surface area contributed by atoms with Crippen LogP contribution < -0.4 is 10.6 Å². The van der Waals surface area contributed by atoms with E-state index in [2.05, 4.69) is 10.6 Å². The van der Waals surface area contributed by atoms with Crippen molar-refractivity contribution in [3.8, 4) is 11.1 Å². The number of amides is 3. The first-order valence-electron chi connectivity index (χ1n) is 14.6. The van der Waals surface area contributed by atoms with E-state index in [9.17, 15) is 14.4 Å². The number of likely N-dealkylation sites (N-methyl/N-ethyl adjacent to an activating group) is 3. The summed E-state index contributed by atoms with van der Waals surface area (Å²) in [5.74, 6) is -0.670. The van der Waals surface area contributed by atoms with E-state index in [0.29, 0.717) is 13.0 Å². The lowest BCUT2D eigenvalue weighted by Crippen LogP contribution is -2.49. The topological polar surface area (TPSA) is 91.0 Å². The van der Waals surface area contributed by atoms with Crippen LogP contribution in [0.4, 0.5) is 0 Å². The summed E-state index contributed by atoms with van der Waals surface area (Å²) in [7, 11) is 4.94. The molecule has 0 saturated carbocycles. The Morgan fingerprint density at radius 2 is 1.52 bits per heavy atom. The fraction of sp³-hybridized carbons (Fsp3) is 0.382. The van der Waals surface area contributed by atoms with Gasteiger partial charge >= 0.3 is 0 Å². The Bertz CT molecular complexity index is 1290. The summed E-state index contributed by atoms with van der Waals surface area (Å²) in [5.41, 5.74) is 3.93. The number of benzene rings is 3. The predicted octanol–water partition coefficient (Wildman–Crippen LogP) is 3.83. The van der Waals surface area contributed by atoms with Crippen molar-refractivity contribution < 1.29 is 19.1 Å². The molecule has 3 aromatic carbocycles. The number of ether oxygens (including phenoxy) is 1. The Kier molecular flexibility index (Phi) is 11.3. The number of carbonyl (C=O) groups excluding carboxylic acids is 3. The minimum Gasteiger partial charge on any atom is -0.370 e. The number of nitrogens with zero attached hydrogens (tertiary/aromatic N) is 2. The average Bonchev–Trinajstić information content (AvgIpc) is 3.56. The largest absolute Gasteiger partial charge is 0.370 e. The highest BCUT2D eigenvalue weighted by molar-refractivity contribution is 5.88. The van der Waals surface area contributed by atoms with E-state index in [4.69, 9.17) is 4.74 Å². The number of hydrogen-bond acceptors (Lipinski definition) is 5. The van der Waals surface area contributed by atoms with Gasteiger partial charge in [-0.2, -0.15) is 0 Å². The molecular weight excluding hydrogens is 528 g/mol. The Labute approximate surface area is 249 Å². The van der Waals surface area contributed by atoms with Gasteiger partial charge in [-0.1, -0.05) is 84.9 Å². The first kappa shape index (κ1) is 30.9. The SMILES string of the molecule is CNC(=O)[C@@H](Cc1ccccc1)N(C)C(=O)CC(c1ccc(-c2ccccc2)cc1)N(C)C(=O)COC[C@@H]1CCCN1. The van der Waals surface area contributed by atoms with E-state index >= 15 is 0 Å². The molecule has 2 N–H and O–H groups in total. The van der Waals surface area contributed by atoms with Crippen LogP contribution in [0.1, 0.15) is 36.4 Å². The van der Waals surface area contributed by atoms with Crippen LogP contribution in [0.2, 0.25) is 0 Å². The Morgan fingerprint density at radius 1 is 0.881 bits per heavy atom. The second kappa shape index (κ2) is 15.3. The molecule has 0 radical (unpaired) electrons. The van der Waals surface area contributed by atoms with E-state index in [-0.39, 0.29) is 36.8 Å². The van der Waals surface area contributed by atoms with Crippen LogP contribution in [0.25, 0.3) is 11.1 Å². The number of rotatable bonds is 13. The Morgan fingerprint density at radius 3 is 2.14 bits per heavy atom. The van der Waals surface area contributed by atoms with Crippen LogP contribution in [-0.2, 0) is 25.5 Å². The van der Waals surface area contributed by atoms with Crippen LogP contribution >= 0.6 is 0 Å². The van der Waals surface area contributed by atoms with Crippen molar-refractivity contribution in [1.82, 2.24) is 20.4 Å². The van der Waals surface area contributed by atoms with Crippen molar-refractivity contribution in [2.45, 2.75) is 43.8 Å². The quantitative estimate of drug-likeness (QED) is 0.326. The fourth-order valence-corrected chi connectivity index (χ4v) is 5.36. The van der Waals surface area contributed by atoms with Crippen molar-refractivity contribution in [2.24, 2.45) is 0 Å². The van der Waals surface area contributed by atoms with Crippen molar-refractivity contribution in [3.05, 3.63) is 96.1 Å². The van der Waals surface area contributed by atoms with Crippen molar-refractivity contribution >= 4 is 17.7 Å². The maximum atomic E-state index is 13.8. The molecular formula is C34H42N4O4. The molecule has 3 amide bonds. The van der Waals surface area contributed by atoms with Crippen molar-refractivity contribution in [2.75, 3.05) is 40.9 Å². The van der Waals surface area contributed by atoms with Gasteiger partial charge in [-0.25, -0.2) is 0 Å². The molecule has 0 bridgehead atoms. The normalized spacial score (nSPS) is 15.9. The third kappa shape index (κ3) is 8.27. The molecule has 4 rings (SSSR count). The lowest BCUT2D eigenvalue weighted by Gasteiger charge is -2.32. The summed E-state index contributed by atoms with van der Waals surface area (Å²) in [6, 6.07) is 26.7. The molecule has 1 unspecified atom stereocenters. The van der Waals surface area contributed by atoms with E-state index < -0.39 is 12.1 Å². The van der Waals surface area contributed by atoms with Gasteiger partial charge in [0.2, 0.25) is 17.7 Å². The highest BCUT2D eigenvalue weighted by Crippen LogP contribution is 2.28. The van der Waals surface area contributed by atoms with Gasteiger partial charge in [-0.3, -0.25) is 14.4 Å². The minimum absolute atomic E-state index is 0.0237. The first-order chi connectivity index (χ1) is 20.4. The van der Waals surface area contributed by atoms with E-state index in [1.165, 1.54) is 4.90 Å². The van der Waals surface area contributed by atoms with E-state index in [0.717, 1.165) is 41.6 Å². The summed E-state index contributed by atoms with van der Waals surface area (Å²) in [4.78, 5) is 43.0. The molecule has 8 nitrogen and oxygen atoms in total. The van der Waals surface area contributed by atoms with Gasteiger partial charge in [0.1, 0.15) is 12.6 Å². The highest BCUT2D eigenvalue weighted by Gasteiger charge is 2.31. The maximum Gasteiger partial charge on any atom is 0.248 e. The molecule has 1 saturated heterocycles. The first-order valence-corrected chi connectivity index (χ1v) is 14.6. The number of carbonyl (C=O) groups is 3. The van der Waals surface area contributed by atoms with Gasteiger partial charge in [-0.05, 0) is 41.6 Å². The second-order valence-electron chi connectivity index (χ2n) is 10.8. The molecule has 1 aliphatic rings. The summed E-state index contributed by atoms with van der Waals surface area (Å²) >= 11 is 0. The molecule has 8 heteroatoms. The van der Waals surface area contributed by atoms with Crippen LogP contribution in [0.3, 0.4) is 0 Å². The lowest BCUT2D eigenvalue weighted by molar-refractivity contribution is -0.142. The van der Waals surface area contributed by atoms with Gasteiger partial charge in [0.15, 0.2) is 0 Å². The molecule has 42 heavy (non-hydrogen) atoms. The monoisotopic (exact) mass is 570 g/mol. The van der Waals surface area contributed by atoms with Gasteiger partial charge in [0.25, 0.3) is 0 Å². The standard InChI is InChI=1S/C34H42N4O4/c1-35-34(41)31(21-25-11-6-4-7-12-25)38(3)32(39)22-30(37(2)33(40)24-42-23-29-15-10-20-36-29)28-18-16-27(17-19-28)26-13-8-5-9-14-26/h4-9,11-14,16-19,29-31,36H,10,15,20-24H2,1-3H3,(H,35,41)/t29-,30?,31+/m0/s1. The molecule has 1 aliphatic heterocycles. The molecule has 3 aromatic rings. The van der Waals surface area contributed by atoms with Gasteiger partial charge in [0.05, 0.1) is 19.1 Å². The molecule has 1 heterocycles. The van der Waals surface area contributed by atoms with Crippen LogP contribution in [0.15, 0.2) is 84.9 Å². The van der Waals surface area contributed by atoms with Gasteiger partial charge in [-0.15, -0.1) is 0 Å². The summed E-state index contributed by atoms with van der Waals surface area (Å²) in [6.45, 7) is 1.39. The fourth-order valence-electron chi connectivity index (χ4n) is 5.36. The minimum atomic E-state index is -0.686. The Hall–Kier alpha value is -4.01. The Balaban J connectivity index is 1.52. The highest BCUT2D eigenvalue weighted by atomic mass is 16.5. The van der Waals surface area contributed by atoms with Crippen molar-refractivity contribution in [1.29, 1.82) is 0 Å². The number of nitrogens with one attached hydrogen (secondary N) is 2. The molecule has 3 atom stereocenters. The molecule has 1 fully saturated rings. The van der Waals surface area contributed by atoms with Gasteiger partial charge in [0, 0.05) is 33.6 Å². The summed E-state index contributed by atoms with van der Waals surface area (Å²) in [5, 5.41) is 6.07. The smallest absolute Gasteiger partial charge is 0.248 e. The van der Waals surface area contributed by atoms with Gasteiger partial charge < -0.3 is 25.2 Å². The molecule has 0 aromatic heterocycles. The zero-order valence-corrected chi connectivity index (χ0v) is 24.8. The third-order valence-corrected chi connectivity index (χ3v) is 8.02. The average molecular weight is 571 g/mol. The molecule has 0 aliphatic carbocycles. The maximum absolute atomic E-state index is 13.8. The molecule has 222 valence electrons. The van der Waals surface area contributed by atoms with E-state index in [1.54, 1.807) is 26.0 Å². The van der Waals surface area contributed by atoms with Crippen LogP contribution in [0, 0.1) is 0 Å². The molecule has 0 spiro atoms. The second-order valence-corrected chi connectivity index (χ2v) is 10.8. The predicted molar refractivity (Wildman–Crippen MR) is 165 cm³/mol. The van der Waals surface area contributed by atoms with Crippen molar-refractivity contribution in [3.63, 3.8) is 0 Å².